The smallest absolute Gasteiger partial charge is 0.306 e. The summed E-state index contributed by atoms with van der Waals surface area (Å²) in [6.07, 6.45) is 21.1. The van der Waals surface area contributed by atoms with Gasteiger partial charge in [-0.3, -0.25) is 9.79 Å². The van der Waals surface area contributed by atoms with Crippen LogP contribution in [0, 0.1) is 11.8 Å². The molecule has 0 bridgehead atoms. The van der Waals surface area contributed by atoms with Gasteiger partial charge in [-0.05, 0) is 55.2 Å². The molecule has 1 aliphatic carbocycles. The van der Waals surface area contributed by atoms with Crippen molar-refractivity contribution in [2.24, 2.45) is 16.8 Å². The predicted octanol–water partition coefficient (Wildman–Crippen LogP) is 9.71. The molecule has 3 atom stereocenters. The Morgan fingerprint density at radius 3 is 2.36 bits per heavy atom. The van der Waals surface area contributed by atoms with Crippen LogP contribution in [-0.2, 0) is 14.3 Å². The van der Waals surface area contributed by atoms with E-state index in [4.69, 9.17) is 14.5 Å². The molecule has 0 aromatic heterocycles. The highest BCUT2D eigenvalue weighted by atomic mass is 16.5. The van der Waals surface area contributed by atoms with Crippen molar-refractivity contribution in [3.63, 3.8) is 0 Å². The minimum atomic E-state index is -0.219. The van der Waals surface area contributed by atoms with Crippen molar-refractivity contribution in [2.45, 2.75) is 123 Å². The van der Waals surface area contributed by atoms with Gasteiger partial charge in [-0.1, -0.05) is 115 Å². The summed E-state index contributed by atoms with van der Waals surface area (Å²) < 4.78 is 12.4. The van der Waals surface area contributed by atoms with Gasteiger partial charge < -0.3 is 9.47 Å². The van der Waals surface area contributed by atoms with Gasteiger partial charge in [0, 0.05) is 12.3 Å². The minimum absolute atomic E-state index is 0.0577. The maximum Gasteiger partial charge on any atom is 0.306 e. The zero-order valence-corrected chi connectivity index (χ0v) is 25.0. The van der Waals surface area contributed by atoms with Crippen LogP contribution in [0.5, 0.6) is 0 Å². The number of unbranched alkanes of at least 4 members (excludes halogenated alkanes) is 9. The summed E-state index contributed by atoms with van der Waals surface area (Å²) in [5.41, 5.74) is 3.45. The quantitative estimate of drug-likeness (QED) is 0.131. The van der Waals surface area contributed by atoms with Crippen LogP contribution < -0.4 is 0 Å². The van der Waals surface area contributed by atoms with Crippen molar-refractivity contribution in [3.05, 3.63) is 59.4 Å². The zero-order chi connectivity index (χ0) is 27.7. The number of hydrogen-bond acceptors (Lipinski definition) is 4. The average Bonchev–Trinajstić information content (AvgIpc) is 3.44. The third-order valence-electron chi connectivity index (χ3n) is 8.32. The Labute approximate surface area is 238 Å². The molecule has 1 aromatic rings. The number of esters is 1. The van der Waals surface area contributed by atoms with Crippen molar-refractivity contribution in [1.82, 2.24) is 0 Å². The van der Waals surface area contributed by atoms with E-state index in [2.05, 4.69) is 45.1 Å². The molecule has 2 aliphatic rings. The summed E-state index contributed by atoms with van der Waals surface area (Å²) in [6.45, 7) is 8.22. The average molecular weight is 536 g/mol. The lowest BCUT2D eigenvalue weighted by Crippen LogP contribution is -2.27. The molecular formula is C35H53NO3. The first kappa shape index (κ1) is 31.2. The Kier molecular flexibility index (Phi) is 14.4. The van der Waals surface area contributed by atoms with Crippen molar-refractivity contribution in [1.29, 1.82) is 0 Å². The molecule has 1 aliphatic heterocycles. The molecule has 4 nitrogen and oxygen atoms in total. The van der Waals surface area contributed by atoms with Crippen LogP contribution in [0.4, 0.5) is 0 Å². The van der Waals surface area contributed by atoms with E-state index in [0.717, 1.165) is 62.2 Å². The Morgan fingerprint density at radius 1 is 0.923 bits per heavy atom. The Morgan fingerprint density at radius 2 is 1.62 bits per heavy atom. The SMILES string of the molecule is CCCCCCCCCC(=O)OC(c1ccccc1)C(C)C1CCC=C(C2=NCC=C2OCCCCCC)C1. The lowest BCUT2D eigenvalue weighted by molar-refractivity contribution is -0.153. The van der Waals surface area contributed by atoms with Crippen molar-refractivity contribution in [3.8, 4) is 0 Å². The molecule has 1 aromatic carbocycles. The summed E-state index contributed by atoms with van der Waals surface area (Å²) in [7, 11) is 0. The van der Waals surface area contributed by atoms with Crippen LogP contribution in [0.25, 0.3) is 0 Å². The highest BCUT2D eigenvalue weighted by Gasteiger charge is 2.33. The highest BCUT2D eigenvalue weighted by molar-refractivity contribution is 6.12. The number of benzene rings is 1. The molecular weight excluding hydrogens is 482 g/mol. The minimum Gasteiger partial charge on any atom is -0.492 e. The first-order valence-corrected chi connectivity index (χ1v) is 16.0. The molecule has 4 heteroatoms. The van der Waals surface area contributed by atoms with Gasteiger partial charge in [0.2, 0.25) is 0 Å². The van der Waals surface area contributed by atoms with Gasteiger partial charge in [-0.15, -0.1) is 0 Å². The number of carbonyl (C=O) groups excluding carboxylic acids is 1. The van der Waals surface area contributed by atoms with E-state index >= 15 is 0 Å². The van der Waals surface area contributed by atoms with Gasteiger partial charge in [0.25, 0.3) is 0 Å². The number of nitrogens with zero attached hydrogens (tertiary/aromatic N) is 1. The third kappa shape index (κ3) is 10.6. The molecule has 0 amide bonds. The van der Waals surface area contributed by atoms with E-state index in [9.17, 15) is 4.79 Å². The fourth-order valence-corrected chi connectivity index (χ4v) is 5.87. The van der Waals surface area contributed by atoms with E-state index in [0.29, 0.717) is 18.9 Å². The van der Waals surface area contributed by atoms with E-state index in [1.807, 2.05) is 18.2 Å². The van der Waals surface area contributed by atoms with Crippen LogP contribution >= 0.6 is 0 Å². The summed E-state index contributed by atoms with van der Waals surface area (Å²) >= 11 is 0. The van der Waals surface area contributed by atoms with Gasteiger partial charge in [0.05, 0.1) is 13.2 Å². The molecule has 0 saturated heterocycles. The van der Waals surface area contributed by atoms with E-state index in [-0.39, 0.29) is 18.0 Å². The lowest BCUT2D eigenvalue weighted by Gasteiger charge is -2.34. The number of rotatable bonds is 19. The third-order valence-corrected chi connectivity index (χ3v) is 8.32. The number of hydrogen-bond donors (Lipinski definition) is 0. The normalized spacial score (nSPS) is 18.6. The van der Waals surface area contributed by atoms with E-state index < -0.39 is 0 Å². The fourth-order valence-electron chi connectivity index (χ4n) is 5.87. The van der Waals surface area contributed by atoms with Gasteiger partial charge >= 0.3 is 5.97 Å². The second-order valence-electron chi connectivity index (χ2n) is 11.5. The molecule has 39 heavy (non-hydrogen) atoms. The molecule has 3 rings (SSSR count). The van der Waals surface area contributed by atoms with Gasteiger partial charge in [-0.25, -0.2) is 0 Å². The van der Waals surface area contributed by atoms with Crippen LogP contribution in [0.2, 0.25) is 0 Å². The van der Waals surface area contributed by atoms with Crippen LogP contribution in [0.1, 0.15) is 129 Å². The molecule has 0 saturated carbocycles. The monoisotopic (exact) mass is 535 g/mol. The Hall–Kier alpha value is -2.36. The second-order valence-corrected chi connectivity index (χ2v) is 11.5. The molecule has 3 unspecified atom stereocenters. The first-order valence-electron chi connectivity index (χ1n) is 16.0. The van der Waals surface area contributed by atoms with Crippen molar-refractivity contribution < 1.29 is 14.3 Å². The Bertz CT molecular complexity index is 932. The summed E-state index contributed by atoms with van der Waals surface area (Å²) in [6, 6.07) is 10.3. The standard InChI is InChI=1S/C35H53NO3/c1-4-6-8-10-11-12-16-23-33(37)39-35(29-19-14-13-15-20-29)28(3)30-21-18-22-31(27-30)34-32(24-25-36-34)38-26-17-9-7-5-2/h13-15,19-20,22,24,28,30,35H,4-12,16-18,21,23,25-27H2,1-3H3. The maximum atomic E-state index is 13.0. The number of carbonyl (C=O) groups is 1. The van der Waals surface area contributed by atoms with Gasteiger partial charge in [0.15, 0.2) is 0 Å². The second kappa shape index (κ2) is 18.1. The number of allylic oxidation sites excluding steroid dienone is 2. The van der Waals surface area contributed by atoms with Gasteiger partial charge in [0.1, 0.15) is 17.6 Å². The molecule has 0 spiro atoms. The largest absolute Gasteiger partial charge is 0.492 e. The summed E-state index contributed by atoms with van der Waals surface area (Å²) in [4.78, 5) is 17.8. The molecule has 1 heterocycles. The molecule has 0 N–H and O–H groups in total. The number of ether oxygens (including phenoxy) is 2. The van der Waals surface area contributed by atoms with Gasteiger partial charge in [-0.2, -0.15) is 0 Å². The topological polar surface area (TPSA) is 47.9 Å². The maximum absolute atomic E-state index is 13.0. The summed E-state index contributed by atoms with van der Waals surface area (Å²) in [5.74, 6) is 1.55. The zero-order valence-electron chi connectivity index (χ0n) is 25.0. The molecule has 0 radical (unpaired) electrons. The van der Waals surface area contributed by atoms with Crippen LogP contribution in [-0.4, -0.2) is 24.8 Å². The number of aliphatic imine (C=N–C) groups is 1. The molecule has 0 fully saturated rings. The predicted molar refractivity (Wildman–Crippen MR) is 163 cm³/mol. The highest BCUT2D eigenvalue weighted by Crippen LogP contribution is 2.40. The summed E-state index contributed by atoms with van der Waals surface area (Å²) in [5, 5.41) is 0. The fraction of sp³-hybridized carbons (Fsp3) is 0.657. The van der Waals surface area contributed by atoms with E-state index in [1.54, 1.807) is 0 Å². The van der Waals surface area contributed by atoms with Crippen molar-refractivity contribution in [2.75, 3.05) is 13.2 Å². The van der Waals surface area contributed by atoms with E-state index in [1.165, 1.54) is 56.9 Å². The lowest BCUT2D eigenvalue weighted by atomic mass is 9.76. The van der Waals surface area contributed by atoms with Crippen LogP contribution in [0.15, 0.2) is 58.8 Å². The van der Waals surface area contributed by atoms with Crippen LogP contribution in [0.3, 0.4) is 0 Å². The first-order chi connectivity index (χ1) is 19.1. The Balaban J connectivity index is 1.56. The molecule has 216 valence electrons. The van der Waals surface area contributed by atoms with Crippen molar-refractivity contribution >= 4 is 11.7 Å².